The molecule has 0 heterocycles. The van der Waals surface area contributed by atoms with E-state index >= 15 is 0 Å². The minimum Gasteiger partial charge on any atom is -0.493 e. The minimum atomic E-state index is 0.0610. The van der Waals surface area contributed by atoms with E-state index in [1.165, 1.54) is 0 Å². The number of benzene rings is 1. The molecule has 0 aliphatic heterocycles. The van der Waals surface area contributed by atoms with Crippen LogP contribution in [0.25, 0.3) is 0 Å². The Morgan fingerprint density at radius 1 is 1.27 bits per heavy atom. The van der Waals surface area contributed by atoms with Gasteiger partial charge in [-0.2, -0.15) is 0 Å². The molecule has 2 N–H and O–H groups in total. The summed E-state index contributed by atoms with van der Waals surface area (Å²) >= 11 is 0. The monoisotopic (exact) mass is 308 g/mol. The second kappa shape index (κ2) is 9.30. The Hall–Kier alpha value is -1.75. The standard InChI is InChI=1S/C17H28N2O3/c1-13(2)14(18)9-11-19(3)17(20)10-12-22-16-8-6-5-7-15(16)21-4/h5-8,13-14H,9-12,18H2,1-4H3. The van der Waals surface area contributed by atoms with Gasteiger partial charge in [-0.25, -0.2) is 0 Å². The summed E-state index contributed by atoms with van der Waals surface area (Å²) in [6.07, 6.45) is 1.15. The van der Waals surface area contributed by atoms with E-state index in [9.17, 15) is 4.79 Å². The van der Waals surface area contributed by atoms with Crippen LogP contribution < -0.4 is 15.2 Å². The van der Waals surface area contributed by atoms with Gasteiger partial charge in [0.15, 0.2) is 11.5 Å². The molecule has 1 aromatic rings. The summed E-state index contributed by atoms with van der Waals surface area (Å²) in [6, 6.07) is 7.53. The maximum Gasteiger partial charge on any atom is 0.225 e. The fourth-order valence-corrected chi connectivity index (χ4v) is 1.98. The lowest BCUT2D eigenvalue weighted by Crippen LogP contribution is -2.35. The lowest BCUT2D eigenvalue weighted by molar-refractivity contribution is -0.130. The lowest BCUT2D eigenvalue weighted by atomic mass is 10.0. The molecule has 1 atom stereocenters. The number of para-hydroxylation sites is 2. The molecule has 124 valence electrons. The van der Waals surface area contributed by atoms with Crippen LogP contribution in [0.15, 0.2) is 24.3 Å². The molecule has 5 heteroatoms. The Balaban J connectivity index is 2.33. The molecule has 1 amide bonds. The van der Waals surface area contributed by atoms with Gasteiger partial charge in [-0.3, -0.25) is 4.79 Å². The molecular weight excluding hydrogens is 280 g/mol. The maximum atomic E-state index is 12.0. The first-order valence-electron chi connectivity index (χ1n) is 7.71. The van der Waals surface area contributed by atoms with Crippen molar-refractivity contribution < 1.29 is 14.3 Å². The predicted octanol–water partition coefficient (Wildman–Crippen LogP) is 2.30. The number of rotatable bonds is 9. The highest BCUT2D eigenvalue weighted by Gasteiger charge is 2.13. The van der Waals surface area contributed by atoms with Gasteiger partial charge in [0.25, 0.3) is 0 Å². The van der Waals surface area contributed by atoms with Crippen LogP contribution >= 0.6 is 0 Å². The number of carbonyl (C=O) groups excluding carboxylic acids is 1. The van der Waals surface area contributed by atoms with Crippen LogP contribution in [0.1, 0.15) is 26.7 Å². The van der Waals surface area contributed by atoms with Gasteiger partial charge in [0.1, 0.15) is 0 Å². The first kappa shape index (κ1) is 18.3. The van der Waals surface area contributed by atoms with Crippen molar-refractivity contribution in [2.45, 2.75) is 32.7 Å². The van der Waals surface area contributed by atoms with Gasteiger partial charge in [0.2, 0.25) is 5.91 Å². The molecule has 0 spiro atoms. The number of hydrogen-bond acceptors (Lipinski definition) is 4. The van der Waals surface area contributed by atoms with Gasteiger partial charge < -0.3 is 20.1 Å². The van der Waals surface area contributed by atoms with E-state index in [0.717, 1.165) is 6.42 Å². The average molecular weight is 308 g/mol. The summed E-state index contributed by atoms with van der Waals surface area (Å²) in [7, 11) is 3.40. The quantitative estimate of drug-likeness (QED) is 0.760. The van der Waals surface area contributed by atoms with Crippen molar-refractivity contribution in [3.63, 3.8) is 0 Å². The third-order valence-corrected chi connectivity index (χ3v) is 3.72. The average Bonchev–Trinajstić information content (AvgIpc) is 2.52. The highest BCUT2D eigenvalue weighted by atomic mass is 16.5. The van der Waals surface area contributed by atoms with Crippen LogP contribution in [-0.4, -0.2) is 44.2 Å². The molecular formula is C17H28N2O3. The first-order chi connectivity index (χ1) is 10.5. The molecule has 0 saturated carbocycles. The van der Waals surface area contributed by atoms with Crippen molar-refractivity contribution in [3.8, 4) is 11.5 Å². The molecule has 5 nitrogen and oxygen atoms in total. The van der Waals surface area contributed by atoms with Crippen molar-refractivity contribution >= 4 is 5.91 Å². The summed E-state index contributed by atoms with van der Waals surface area (Å²) in [5.41, 5.74) is 6.00. The second-order valence-electron chi connectivity index (χ2n) is 5.76. The van der Waals surface area contributed by atoms with Crippen LogP contribution in [0.3, 0.4) is 0 Å². The Morgan fingerprint density at radius 2 is 1.91 bits per heavy atom. The smallest absolute Gasteiger partial charge is 0.225 e. The third-order valence-electron chi connectivity index (χ3n) is 3.72. The molecule has 0 aliphatic carbocycles. The zero-order valence-electron chi connectivity index (χ0n) is 14.0. The van der Waals surface area contributed by atoms with Crippen molar-refractivity contribution in [3.05, 3.63) is 24.3 Å². The molecule has 1 rings (SSSR count). The molecule has 0 aliphatic rings. The first-order valence-corrected chi connectivity index (χ1v) is 7.71. The van der Waals surface area contributed by atoms with E-state index in [-0.39, 0.29) is 11.9 Å². The number of ether oxygens (including phenoxy) is 2. The van der Waals surface area contributed by atoms with Crippen molar-refractivity contribution in [1.82, 2.24) is 4.90 Å². The van der Waals surface area contributed by atoms with Gasteiger partial charge in [0, 0.05) is 19.6 Å². The topological polar surface area (TPSA) is 64.8 Å². The fourth-order valence-electron chi connectivity index (χ4n) is 1.98. The molecule has 22 heavy (non-hydrogen) atoms. The molecule has 0 fully saturated rings. The van der Waals surface area contributed by atoms with Crippen LogP contribution in [-0.2, 0) is 4.79 Å². The number of carbonyl (C=O) groups is 1. The summed E-state index contributed by atoms with van der Waals surface area (Å²) in [5, 5.41) is 0. The largest absolute Gasteiger partial charge is 0.493 e. The molecule has 0 bridgehead atoms. The summed E-state index contributed by atoms with van der Waals surface area (Å²) in [4.78, 5) is 13.8. The van der Waals surface area contributed by atoms with Crippen LogP contribution in [0.5, 0.6) is 11.5 Å². The van der Waals surface area contributed by atoms with E-state index in [4.69, 9.17) is 15.2 Å². The highest BCUT2D eigenvalue weighted by Crippen LogP contribution is 2.25. The zero-order valence-corrected chi connectivity index (χ0v) is 14.0. The van der Waals surface area contributed by atoms with Gasteiger partial charge in [-0.15, -0.1) is 0 Å². The Kier molecular flexibility index (Phi) is 7.74. The Morgan fingerprint density at radius 3 is 2.50 bits per heavy atom. The molecule has 0 saturated heterocycles. The predicted molar refractivity (Wildman–Crippen MR) is 88.2 cm³/mol. The maximum absolute atomic E-state index is 12.0. The van der Waals surface area contributed by atoms with E-state index in [0.29, 0.717) is 37.0 Å². The Bertz CT molecular complexity index is 463. The normalized spacial score (nSPS) is 12.1. The molecule has 1 unspecified atom stereocenters. The number of hydrogen-bond donors (Lipinski definition) is 1. The fraction of sp³-hybridized carbons (Fsp3) is 0.588. The van der Waals surface area contributed by atoms with Crippen molar-refractivity contribution in [2.75, 3.05) is 27.3 Å². The lowest BCUT2D eigenvalue weighted by Gasteiger charge is -2.21. The van der Waals surface area contributed by atoms with E-state index < -0.39 is 0 Å². The van der Waals surface area contributed by atoms with E-state index in [2.05, 4.69) is 13.8 Å². The van der Waals surface area contributed by atoms with Gasteiger partial charge >= 0.3 is 0 Å². The van der Waals surface area contributed by atoms with Gasteiger partial charge in [-0.05, 0) is 24.5 Å². The van der Waals surface area contributed by atoms with Crippen LogP contribution in [0.2, 0.25) is 0 Å². The van der Waals surface area contributed by atoms with Crippen molar-refractivity contribution in [1.29, 1.82) is 0 Å². The van der Waals surface area contributed by atoms with E-state index in [1.807, 2.05) is 24.3 Å². The molecule has 1 aromatic carbocycles. The third kappa shape index (κ3) is 5.93. The van der Waals surface area contributed by atoms with Gasteiger partial charge in [-0.1, -0.05) is 26.0 Å². The van der Waals surface area contributed by atoms with Gasteiger partial charge in [0.05, 0.1) is 20.1 Å². The van der Waals surface area contributed by atoms with Crippen LogP contribution in [0, 0.1) is 5.92 Å². The summed E-state index contributed by atoms with van der Waals surface area (Å²) in [5.74, 6) is 1.82. The number of nitrogens with zero attached hydrogens (tertiary/aromatic N) is 1. The molecule has 0 aromatic heterocycles. The second-order valence-corrected chi connectivity index (χ2v) is 5.76. The van der Waals surface area contributed by atoms with Crippen molar-refractivity contribution in [2.24, 2.45) is 11.7 Å². The zero-order chi connectivity index (χ0) is 16.5. The number of methoxy groups -OCH3 is 1. The number of nitrogens with two attached hydrogens (primary N) is 1. The highest BCUT2D eigenvalue weighted by molar-refractivity contribution is 5.75. The number of amides is 1. The molecule has 0 radical (unpaired) electrons. The Labute approximate surface area is 133 Å². The summed E-state index contributed by atoms with van der Waals surface area (Å²) < 4.78 is 10.8. The van der Waals surface area contributed by atoms with Crippen LogP contribution in [0.4, 0.5) is 0 Å². The minimum absolute atomic E-state index is 0.0610. The SMILES string of the molecule is COc1ccccc1OCCC(=O)N(C)CCC(N)C(C)C. The van der Waals surface area contributed by atoms with E-state index in [1.54, 1.807) is 19.1 Å². The summed E-state index contributed by atoms with van der Waals surface area (Å²) in [6.45, 7) is 5.19.